The number of carboxylic acid groups (broad SMARTS) is 1. The zero-order valence-corrected chi connectivity index (χ0v) is 11.8. The molecule has 3 aromatic rings. The van der Waals surface area contributed by atoms with Crippen molar-refractivity contribution in [3.8, 4) is 0 Å². The minimum absolute atomic E-state index is 0.0890. The van der Waals surface area contributed by atoms with Crippen LogP contribution in [0.4, 0.5) is 11.6 Å². The molecule has 0 saturated heterocycles. The molecule has 1 aromatic heterocycles. The number of benzene rings is 2. The lowest BCUT2D eigenvalue weighted by Gasteiger charge is -2.08. The molecule has 2 N–H and O–H groups in total. The first-order valence-corrected chi connectivity index (χ1v) is 6.72. The second-order valence-corrected chi connectivity index (χ2v) is 5.09. The number of anilines is 2. The molecule has 0 unspecified atom stereocenters. The second-order valence-electron chi connectivity index (χ2n) is 4.23. The van der Waals surface area contributed by atoms with E-state index in [0.717, 1.165) is 20.9 Å². The molecule has 1 heterocycles. The summed E-state index contributed by atoms with van der Waals surface area (Å²) in [5.74, 6) is -0.775. The largest absolute Gasteiger partial charge is 0.475 e. The number of nitrogens with one attached hydrogen (secondary N) is 1. The van der Waals surface area contributed by atoms with Gasteiger partial charge >= 0.3 is 5.97 Å². The molecular weight excluding hydrogens is 322 g/mol. The van der Waals surface area contributed by atoms with Crippen LogP contribution in [0.1, 0.15) is 10.6 Å². The molecular formula is C15H10BrNO3. The summed E-state index contributed by atoms with van der Waals surface area (Å²) >= 11 is 3.51. The average molecular weight is 332 g/mol. The summed E-state index contributed by atoms with van der Waals surface area (Å²) in [4.78, 5) is 10.8. The Hall–Kier alpha value is -2.27. The van der Waals surface area contributed by atoms with Gasteiger partial charge in [0.05, 0.1) is 0 Å². The molecule has 0 aliphatic rings. The maximum atomic E-state index is 10.8. The SMILES string of the molecule is O=C(O)c1ccc(Nc2ccc(Br)c3ccccc23)o1. The number of hydrogen-bond donors (Lipinski definition) is 2. The van der Waals surface area contributed by atoms with Crippen molar-refractivity contribution in [2.45, 2.75) is 0 Å². The van der Waals surface area contributed by atoms with E-state index >= 15 is 0 Å². The monoisotopic (exact) mass is 331 g/mol. The lowest BCUT2D eigenvalue weighted by Crippen LogP contribution is -1.93. The predicted molar refractivity (Wildman–Crippen MR) is 80.6 cm³/mol. The molecule has 100 valence electrons. The number of fused-ring (bicyclic) bond motifs is 1. The molecule has 0 saturated carbocycles. The highest BCUT2D eigenvalue weighted by Gasteiger charge is 2.10. The van der Waals surface area contributed by atoms with Crippen LogP contribution in [0.5, 0.6) is 0 Å². The number of furan rings is 1. The average Bonchev–Trinajstić information content (AvgIpc) is 2.91. The van der Waals surface area contributed by atoms with Crippen molar-refractivity contribution >= 4 is 44.2 Å². The third kappa shape index (κ3) is 2.28. The van der Waals surface area contributed by atoms with E-state index in [4.69, 9.17) is 9.52 Å². The van der Waals surface area contributed by atoms with Gasteiger partial charge in [0.1, 0.15) is 0 Å². The first-order chi connectivity index (χ1) is 9.65. The number of rotatable bonds is 3. The van der Waals surface area contributed by atoms with Gasteiger partial charge in [-0.1, -0.05) is 40.2 Å². The van der Waals surface area contributed by atoms with Crippen molar-refractivity contribution < 1.29 is 14.3 Å². The second kappa shape index (κ2) is 5.02. The summed E-state index contributed by atoms with van der Waals surface area (Å²) in [5.41, 5.74) is 0.857. The number of hydrogen-bond acceptors (Lipinski definition) is 3. The fraction of sp³-hybridized carbons (Fsp3) is 0. The molecule has 4 nitrogen and oxygen atoms in total. The van der Waals surface area contributed by atoms with Crippen molar-refractivity contribution in [3.63, 3.8) is 0 Å². The van der Waals surface area contributed by atoms with Gasteiger partial charge in [-0.15, -0.1) is 0 Å². The quantitative estimate of drug-likeness (QED) is 0.734. The number of aromatic carboxylic acids is 1. The highest BCUT2D eigenvalue weighted by Crippen LogP contribution is 2.32. The zero-order chi connectivity index (χ0) is 14.1. The Balaban J connectivity index is 2.02. The minimum atomic E-state index is -1.08. The van der Waals surface area contributed by atoms with Gasteiger partial charge in [-0.05, 0) is 23.6 Å². The first-order valence-electron chi connectivity index (χ1n) is 5.92. The van der Waals surface area contributed by atoms with Crippen molar-refractivity contribution in [1.29, 1.82) is 0 Å². The first kappa shape index (κ1) is 12.7. The normalized spacial score (nSPS) is 10.7. The summed E-state index contributed by atoms with van der Waals surface area (Å²) in [6.07, 6.45) is 0. The van der Waals surface area contributed by atoms with Crippen molar-refractivity contribution in [1.82, 2.24) is 0 Å². The Morgan fingerprint density at radius 1 is 1.05 bits per heavy atom. The van der Waals surface area contributed by atoms with E-state index in [0.29, 0.717) is 5.88 Å². The lowest BCUT2D eigenvalue weighted by atomic mass is 10.1. The molecule has 0 amide bonds. The Morgan fingerprint density at radius 2 is 1.80 bits per heavy atom. The van der Waals surface area contributed by atoms with E-state index < -0.39 is 5.97 Å². The Bertz CT molecular complexity index is 795. The van der Waals surface area contributed by atoms with Crippen LogP contribution in [0.2, 0.25) is 0 Å². The maximum absolute atomic E-state index is 10.8. The van der Waals surface area contributed by atoms with Crippen LogP contribution in [0, 0.1) is 0 Å². The smallest absolute Gasteiger partial charge is 0.371 e. The number of halogens is 1. The van der Waals surface area contributed by atoms with Gasteiger partial charge in [-0.2, -0.15) is 0 Å². The topological polar surface area (TPSA) is 62.5 Å². The van der Waals surface area contributed by atoms with Gasteiger partial charge in [-0.3, -0.25) is 0 Å². The molecule has 5 heteroatoms. The van der Waals surface area contributed by atoms with Gasteiger partial charge in [0, 0.05) is 21.6 Å². The van der Waals surface area contributed by atoms with Crippen LogP contribution >= 0.6 is 15.9 Å². The molecule has 0 radical (unpaired) electrons. The van der Waals surface area contributed by atoms with Crippen LogP contribution in [0.15, 0.2) is 57.4 Å². The van der Waals surface area contributed by atoms with Crippen LogP contribution < -0.4 is 5.32 Å². The van der Waals surface area contributed by atoms with Crippen molar-refractivity contribution in [2.75, 3.05) is 5.32 Å². The number of carbonyl (C=O) groups is 1. The molecule has 3 rings (SSSR count). The van der Waals surface area contributed by atoms with Crippen LogP contribution in [0.25, 0.3) is 10.8 Å². The molecule has 0 spiro atoms. The van der Waals surface area contributed by atoms with Crippen LogP contribution in [-0.4, -0.2) is 11.1 Å². The van der Waals surface area contributed by atoms with Gasteiger partial charge in [0.2, 0.25) is 5.76 Å². The van der Waals surface area contributed by atoms with Gasteiger partial charge < -0.3 is 14.8 Å². The highest BCUT2D eigenvalue weighted by molar-refractivity contribution is 9.10. The fourth-order valence-corrected chi connectivity index (χ4v) is 2.50. The van der Waals surface area contributed by atoms with Crippen molar-refractivity contribution in [2.24, 2.45) is 0 Å². The van der Waals surface area contributed by atoms with E-state index in [1.807, 2.05) is 36.4 Å². The minimum Gasteiger partial charge on any atom is -0.475 e. The summed E-state index contributed by atoms with van der Waals surface area (Å²) in [6, 6.07) is 14.8. The lowest BCUT2D eigenvalue weighted by molar-refractivity contribution is 0.0663. The van der Waals surface area contributed by atoms with Crippen LogP contribution in [-0.2, 0) is 0 Å². The summed E-state index contributed by atoms with van der Waals surface area (Å²) in [7, 11) is 0. The number of carboxylic acids is 1. The molecule has 0 aliphatic carbocycles. The highest BCUT2D eigenvalue weighted by atomic mass is 79.9. The third-order valence-corrected chi connectivity index (χ3v) is 3.64. The molecule has 20 heavy (non-hydrogen) atoms. The molecule has 2 aromatic carbocycles. The van der Waals surface area contributed by atoms with E-state index in [-0.39, 0.29) is 5.76 Å². The van der Waals surface area contributed by atoms with Gasteiger partial charge in [0.25, 0.3) is 0 Å². The Kier molecular flexibility index (Phi) is 3.20. The molecule has 0 atom stereocenters. The Labute approximate surface area is 123 Å². The van der Waals surface area contributed by atoms with E-state index in [1.54, 1.807) is 6.07 Å². The van der Waals surface area contributed by atoms with Crippen molar-refractivity contribution in [3.05, 3.63) is 58.8 Å². The van der Waals surface area contributed by atoms with Gasteiger partial charge in [0.15, 0.2) is 5.88 Å². The summed E-state index contributed by atoms with van der Waals surface area (Å²) in [5, 5.41) is 14.0. The fourth-order valence-electron chi connectivity index (χ4n) is 2.02. The van der Waals surface area contributed by atoms with E-state index in [9.17, 15) is 4.79 Å². The maximum Gasteiger partial charge on any atom is 0.371 e. The summed E-state index contributed by atoms with van der Waals surface area (Å²) < 4.78 is 6.21. The summed E-state index contributed by atoms with van der Waals surface area (Å²) in [6.45, 7) is 0. The van der Waals surface area contributed by atoms with E-state index in [1.165, 1.54) is 6.07 Å². The molecule has 0 fully saturated rings. The van der Waals surface area contributed by atoms with Gasteiger partial charge in [-0.25, -0.2) is 4.79 Å². The standard InChI is InChI=1S/C15H10BrNO3/c16-11-5-6-12(10-4-2-1-3-9(10)11)17-14-8-7-13(20-14)15(18)19/h1-8,17H,(H,18,19). The third-order valence-electron chi connectivity index (χ3n) is 2.95. The van der Waals surface area contributed by atoms with E-state index in [2.05, 4.69) is 21.2 Å². The zero-order valence-electron chi connectivity index (χ0n) is 10.3. The predicted octanol–water partition coefficient (Wildman–Crippen LogP) is 4.64. The molecule has 0 bridgehead atoms. The Morgan fingerprint density at radius 3 is 2.50 bits per heavy atom. The van der Waals surface area contributed by atoms with Crippen LogP contribution in [0.3, 0.4) is 0 Å². The molecule has 0 aliphatic heterocycles.